The number of fused-ring (bicyclic) bond motifs is 3. The molecule has 1 atom stereocenters. The lowest BCUT2D eigenvalue weighted by atomic mass is 10.1. The Balaban J connectivity index is 2.15. The number of hydrogen-bond donors (Lipinski definition) is 1. The Morgan fingerprint density at radius 1 is 1.44 bits per heavy atom. The minimum atomic E-state index is 0.0452. The lowest BCUT2D eigenvalue weighted by Gasteiger charge is -2.02. The standard InChI is InChI=1S/C13H14N2S/c1-7-3-4-9-6-11-12(10(9)5-7)15-13(16-11)8(2)14/h3-5,8H,6,14H2,1-2H3. The molecule has 2 nitrogen and oxygen atoms in total. The minimum Gasteiger partial charge on any atom is -0.322 e. The molecular weight excluding hydrogens is 216 g/mol. The predicted molar refractivity (Wildman–Crippen MR) is 67.7 cm³/mol. The Hall–Kier alpha value is -1.19. The van der Waals surface area contributed by atoms with Gasteiger partial charge in [0.25, 0.3) is 0 Å². The summed E-state index contributed by atoms with van der Waals surface area (Å²) in [5.41, 5.74) is 11.0. The van der Waals surface area contributed by atoms with Crippen LogP contribution in [0.25, 0.3) is 11.3 Å². The summed E-state index contributed by atoms with van der Waals surface area (Å²) in [5, 5.41) is 1.05. The molecule has 0 aliphatic heterocycles. The molecule has 0 fully saturated rings. The Morgan fingerprint density at radius 2 is 2.25 bits per heavy atom. The van der Waals surface area contributed by atoms with Crippen LogP contribution in [0, 0.1) is 6.92 Å². The molecule has 0 radical (unpaired) electrons. The van der Waals surface area contributed by atoms with E-state index in [-0.39, 0.29) is 6.04 Å². The van der Waals surface area contributed by atoms with E-state index in [1.54, 1.807) is 11.3 Å². The fourth-order valence-electron chi connectivity index (χ4n) is 2.13. The van der Waals surface area contributed by atoms with E-state index in [1.165, 1.54) is 21.6 Å². The molecule has 2 N–H and O–H groups in total. The summed E-state index contributed by atoms with van der Waals surface area (Å²) < 4.78 is 0. The average Bonchev–Trinajstić information content (AvgIpc) is 2.75. The van der Waals surface area contributed by atoms with Crippen LogP contribution in [0.5, 0.6) is 0 Å². The molecule has 3 rings (SSSR count). The van der Waals surface area contributed by atoms with Gasteiger partial charge in [-0.25, -0.2) is 4.98 Å². The van der Waals surface area contributed by atoms with Crippen LogP contribution in [0.1, 0.15) is 34.0 Å². The predicted octanol–water partition coefficient (Wildman–Crippen LogP) is 3.04. The maximum atomic E-state index is 5.87. The first-order valence-electron chi connectivity index (χ1n) is 5.50. The highest BCUT2D eigenvalue weighted by molar-refractivity contribution is 7.12. The van der Waals surface area contributed by atoms with Crippen molar-refractivity contribution >= 4 is 11.3 Å². The number of thiazole rings is 1. The van der Waals surface area contributed by atoms with Crippen LogP contribution in [-0.2, 0) is 6.42 Å². The van der Waals surface area contributed by atoms with E-state index < -0.39 is 0 Å². The van der Waals surface area contributed by atoms with Gasteiger partial charge in [-0.15, -0.1) is 11.3 Å². The highest BCUT2D eigenvalue weighted by atomic mass is 32.1. The zero-order chi connectivity index (χ0) is 11.3. The third-order valence-corrected chi connectivity index (χ3v) is 4.23. The molecule has 1 unspecified atom stereocenters. The molecule has 82 valence electrons. The Bertz CT molecular complexity index is 555. The normalized spacial score (nSPS) is 14.7. The van der Waals surface area contributed by atoms with Gasteiger partial charge in [-0.3, -0.25) is 0 Å². The maximum absolute atomic E-state index is 5.87. The Morgan fingerprint density at radius 3 is 3.00 bits per heavy atom. The molecule has 1 aromatic heterocycles. The van der Waals surface area contributed by atoms with E-state index in [4.69, 9.17) is 5.73 Å². The fraction of sp³-hybridized carbons (Fsp3) is 0.308. The zero-order valence-electron chi connectivity index (χ0n) is 9.45. The molecule has 16 heavy (non-hydrogen) atoms. The molecule has 1 aliphatic carbocycles. The molecule has 3 heteroatoms. The van der Waals surface area contributed by atoms with Gasteiger partial charge < -0.3 is 5.73 Å². The summed E-state index contributed by atoms with van der Waals surface area (Å²) in [6.07, 6.45) is 1.02. The summed E-state index contributed by atoms with van der Waals surface area (Å²) in [6.45, 7) is 4.11. The number of nitrogens with zero attached hydrogens (tertiary/aromatic N) is 1. The first-order chi connectivity index (χ1) is 7.65. The fourth-order valence-corrected chi connectivity index (χ4v) is 3.19. The van der Waals surface area contributed by atoms with Crippen LogP contribution in [0.3, 0.4) is 0 Å². The van der Waals surface area contributed by atoms with Crippen molar-refractivity contribution in [3.05, 3.63) is 39.2 Å². The molecule has 0 saturated carbocycles. The van der Waals surface area contributed by atoms with E-state index in [0.29, 0.717) is 0 Å². The monoisotopic (exact) mass is 230 g/mol. The van der Waals surface area contributed by atoms with Crippen LogP contribution in [0.4, 0.5) is 0 Å². The van der Waals surface area contributed by atoms with E-state index in [9.17, 15) is 0 Å². The van der Waals surface area contributed by atoms with Crippen molar-refractivity contribution in [1.82, 2.24) is 4.98 Å². The second-order valence-corrected chi connectivity index (χ2v) is 5.57. The quantitative estimate of drug-likeness (QED) is 0.698. The largest absolute Gasteiger partial charge is 0.322 e. The Kier molecular flexibility index (Phi) is 2.13. The van der Waals surface area contributed by atoms with Gasteiger partial charge in [0, 0.05) is 16.9 Å². The molecular formula is C13H14N2S. The maximum Gasteiger partial charge on any atom is 0.110 e. The van der Waals surface area contributed by atoms with Crippen molar-refractivity contribution < 1.29 is 0 Å². The van der Waals surface area contributed by atoms with E-state index in [0.717, 1.165) is 17.1 Å². The third kappa shape index (κ3) is 1.39. The average molecular weight is 230 g/mol. The summed E-state index contributed by atoms with van der Waals surface area (Å²) in [5.74, 6) is 0. The summed E-state index contributed by atoms with van der Waals surface area (Å²) in [6, 6.07) is 6.65. The van der Waals surface area contributed by atoms with Gasteiger partial charge in [-0.05, 0) is 25.5 Å². The summed E-state index contributed by atoms with van der Waals surface area (Å²) in [7, 11) is 0. The molecule has 0 saturated heterocycles. The van der Waals surface area contributed by atoms with Crippen molar-refractivity contribution in [3.8, 4) is 11.3 Å². The van der Waals surface area contributed by atoms with Crippen LogP contribution in [-0.4, -0.2) is 4.98 Å². The number of aryl methyl sites for hydroxylation is 1. The summed E-state index contributed by atoms with van der Waals surface area (Å²) in [4.78, 5) is 6.03. The van der Waals surface area contributed by atoms with Crippen molar-refractivity contribution in [2.75, 3.05) is 0 Å². The van der Waals surface area contributed by atoms with Gasteiger partial charge >= 0.3 is 0 Å². The zero-order valence-corrected chi connectivity index (χ0v) is 10.3. The molecule has 0 amide bonds. The first-order valence-corrected chi connectivity index (χ1v) is 6.32. The number of aromatic nitrogens is 1. The number of hydrogen-bond acceptors (Lipinski definition) is 3. The van der Waals surface area contributed by atoms with Gasteiger partial charge in [0.05, 0.1) is 11.7 Å². The van der Waals surface area contributed by atoms with Gasteiger partial charge in [0.2, 0.25) is 0 Å². The third-order valence-electron chi connectivity index (χ3n) is 2.97. The highest BCUT2D eigenvalue weighted by Gasteiger charge is 2.23. The molecule has 1 heterocycles. The van der Waals surface area contributed by atoms with Crippen molar-refractivity contribution in [2.45, 2.75) is 26.3 Å². The summed E-state index contributed by atoms with van der Waals surface area (Å²) >= 11 is 1.76. The minimum absolute atomic E-state index is 0.0452. The Labute approximate surface area is 99.1 Å². The van der Waals surface area contributed by atoms with Gasteiger partial charge in [0.1, 0.15) is 5.01 Å². The van der Waals surface area contributed by atoms with Gasteiger partial charge in [-0.1, -0.05) is 17.7 Å². The topological polar surface area (TPSA) is 38.9 Å². The molecule has 1 aromatic carbocycles. The van der Waals surface area contributed by atoms with Crippen LogP contribution in [0.15, 0.2) is 18.2 Å². The molecule has 2 aromatic rings. The number of nitrogens with two attached hydrogens (primary N) is 1. The number of benzene rings is 1. The van der Waals surface area contributed by atoms with E-state index >= 15 is 0 Å². The van der Waals surface area contributed by atoms with Crippen LogP contribution in [0.2, 0.25) is 0 Å². The smallest absolute Gasteiger partial charge is 0.110 e. The molecule has 0 bridgehead atoms. The van der Waals surface area contributed by atoms with E-state index in [2.05, 4.69) is 30.1 Å². The van der Waals surface area contributed by atoms with E-state index in [1.807, 2.05) is 6.92 Å². The molecule has 0 spiro atoms. The SMILES string of the molecule is Cc1ccc2c(c1)-c1nc(C(C)N)sc1C2. The van der Waals surface area contributed by atoms with Crippen molar-refractivity contribution in [3.63, 3.8) is 0 Å². The van der Waals surface area contributed by atoms with Crippen LogP contribution < -0.4 is 5.73 Å². The lowest BCUT2D eigenvalue weighted by Crippen LogP contribution is -2.04. The highest BCUT2D eigenvalue weighted by Crippen LogP contribution is 2.40. The molecule has 1 aliphatic rings. The van der Waals surface area contributed by atoms with Gasteiger partial charge in [0.15, 0.2) is 0 Å². The first kappa shape index (κ1) is 10.00. The van der Waals surface area contributed by atoms with Crippen molar-refractivity contribution in [2.24, 2.45) is 5.73 Å². The lowest BCUT2D eigenvalue weighted by molar-refractivity contribution is 0.808. The second-order valence-electron chi connectivity index (χ2n) is 4.45. The van der Waals surface area contributed by atoms with Crippen molar-refractivity contribution in [1.29, 1.82) is 0 Å². The number of rotatable bonds is 1. The van der Waals surface area contributed by atoms with Crippen LogP contribution >= 0.6 is 11.3 Å². The second kappa shape index (κ2) is 3.40. The van der Waals surface area contributed by atoms with Gasteiger partial charge in [-0.2, -0.15) is 0 Å².